The number of aromatic amines is 1. The molecule has 4 atom stereocenters. The molecule has 1 aliphatic heterocycles. The summed E-state index contributed by atoms with van der Waals surface area (Å²) in [5, 5.41) is 28.9. The number of aliphatic hydroxyl groups is 3. The zero-order valence-corrected chi connectivity index (χ0v) is 25.7. The molecular formula is C11H12Ac3N2O6. The zero-order valence-electron chi connectivity index (χ0n) is 11.4. The predicted octanol–water partition coefficient (Wildman–Crippen LogP) is -2.85. The van der Waals surface area contributed by atoms with Crippen LogP contribution in [0.4, 0.5) is 0 Å². The Labute approximate surface area is 233 Å². The van der Waals surface area contributed by atoms with Gasteiger partial charge >= 0.3 is 5.69 Å². The Kier molecular flexibility index (Phi) is 13.5. The molecule has 0 spiro atoms. The van der Waals surface area contributed by atoms with Gasteiger partial charge in [-0.15, -0.1) is 6.42 Å². The van der Waals surface area contributed by atoms with Gasteiger partial charge < -0.3 is 20.1 Å². The molecule has 2 heterocycles. The van der Waals surface area contributed by atoms with E-state index >= 15 is 0 Å². The normalized spacial score (nSPS) is 29.5. The van der Waals surface area contributed by atoms with Crippen LogP contribution >= 0.6 is 0 Å². The molecule has 0 bridgehead atoms. The number of hydrogen-bond acceptors (Lipinski definition) is 6. The SMILES string of the molecule is C#C[C@]1(CO)O[C@@H](n2ccc(=O)[nH]c2=O)C(O)C1O.[Ac].[Ac].[Ac]. The summed E-state index contributed by atoms with van der Waals surface area (Å²) in [5.41, 5.74) is -3.23. The molecule has 2 rings (SSSR count). The van der Waals surface area contributed by atoms with Crippen molar-refractivity contribution in [1.29, 1.82) is 0 Å². The largest absolute Gasteiger partial charge is 0.392 e. The molecule has 1 aliphatic rings. The number of rotatable bonds is 2. The number of hydrogen-bond donors (Lipinski definition) is 4. The van der Waals surface area contributed by atoms with E-state index in [1.165, 1.54) is 0 Å². The summed E-state index contributed by atoms with van der Waals surface area (Å²) in [6.45, 7) is -0.726. The van der Waals surface area contributed by atoms with E-state index in [4.69, 9.17) is 11.2 Å². The van der Waals surface area contributed by atoms with E-state index < -0.39 is 41.9 Å². The number of nitrogens with zero attached hydrogens (tertiary/aromatic N) is 1. The summed E-state index contributed by atoms with van der Waals surface area (Å²) in [7, 11) is 0. The van der Waals surface area contributed by atoms with Gasteiger partial charge in [0.25, 0.3) is 5.56 Å². The van der Waals surface area contributed by atoms with Gasteiger partial charge in [0.2, 0.25) is 0 Å². The fraction of sp³-hybridized carbons (Fsp3) is 0.455. The van der Waals surface area contributed by atoms with Gasteiger partial charge in [0, 0.05) is 144 Å². The summed E-state index contributed by atoms with van der Waals surface area (Å²) in [6, 6.07) is 1.05. The van der Waals surface area contributed by atoms with E-state index in [2.05, 4.69) is 5.92 Å². The minimum Gasteiger partial charge on any atom is -0.392 e. The van der Waals surface area contributed by atoms with Gasteiger partial charge in [-0.05, 0) is 0 Å². The molecule has 0 saturated carbocycles. The quantitative estimate of drug-likeness (QED) is 0.237. The minimum atomic E-state index is -1.79. The Balaban J connectivity index is 0. The average molecular weight is 949 g/mol. The molecule has 1 aromatic rings. The van der Waals surface area contributed by atoms with E-state index in [0.717, 1.165) is 16.8 Å². The van der Waals surface area contributed by atoms with Crippen molar-refractivity contribution in [3.8, 4) is 12.3 Å². The molecule has 111 valence electrons. The molecule has 4 N–H and O–H groups in total. The third-order valence-corrected chi connectivity index (χ3v) is 3.03. The van der Waals surface area contributed by atoms with Crippen LogP contribution < -0.4 is 11.2 Å². The second-order valence-corrected chi connectivity index (χ2v) is 4.15. The van der Waals surface area contributed by atoms with Crippen LogP contribution in [0.5, 0.6) is 0 Å². The molecule has 1 saturated heterocycles. The molecule has 1 fully saturated rings. The third kappa shape index (κ3) is 5.21. The number of ether oxygens (including phenoxy) is 1. The van der Waals surface area contributed by atoms with Crippen molar-refractivity contribution >= 4 is 0 Å². The summed E-state index contributed by atoms with van der Waals surface area (Å²) >= 11 is 0. The standard InChI is InChI=1S/C11H12N2O6.3Ac/c1-2-11(5-14)8(17)7(16)9(19-11)13-4-3-6(15)12-10(13)18;;;/h1,3-4,7-9,14,16-17H,5H2,(H,12,15,18);;;/t7?,8?,9-,11-;;;/m1.../s1. The Morgan fingerprint density at radius 3 is 2.36 bits per heavy atom. The smallest absolute Gasteiger partial charge is 0.330 e. The molecule has 0 aliphatic carbocycles. The Morgan fingerprint density at radius 2 is 1.95 bits per heavy atom. The van der Waals surface area contributed by atoms with Gasteiger partial charge in [-0.3, -0.25) is 14.3 Å². The van der Waals surface area contributed by atoms with Gasteiger partial charge in [-0.25, -0.2) is 4.79 Å². The molecule has 8 nitrogen and oxygen atoms in total. The zero-order chi connectivity index (χ0) is 14.2. The topological polar surface area (TPSA) is 125 Å². The average Bonchev–Trinajstić information content (AvgIpc) is 2.64. The van der Waals surface area contributed by atoms with Crippen LogP contribution in [0.1, 0.15) is 6.23 Å². The summed E-state index contributed by atoms with van der Waals surface area (Å²) in [6.07, 6.45) is 1.90. The minimum absolute atomic E-state index is 0. The van der Waals surface area contributed by atoms with Crippen molar-refractivity contribution in [2.24, 2.45) is 0 Å². The van der Waals surface area contributed by atoms with Crippen LogP contribution in [-0.2, 0) is 4.74 Å². The maximum Gasteiger partial charge on any atom is 0.330 e. The number of aliphatic hydroxyl groups excluding tert-OH is 3. The number of terminal acetylenes is 1. The van der Waals surface area contributed by atoms with Gasteiger partial charge in [-0.2, -0.15) is 0 Å². The van der Waals surface area contributed by atoms with E-state index in [0.29, 0.717) is 0 Å². The number of H-pyrrole nitrogens is 1. The first-order valence-corrected chi connectivity index (χ1v) is 5.39. The molecule has 0 aromatic carbocycles. The first-order chi connectivity index (χ1) is 8.95. The van der Waals surface area contributed by atoms with Gasteiger partial charge in [-0.1, -0.05) is 5.92 Å². The van der Waals surface area contributed by atoms with Crippen molar-refractivity contribution in [3.05, 3.63) is 33.1 Å². The fourth-order valence-corrected chi connectivity index (χ4v) is 1.93. The van der Waals surface area contributed by atoms with Crippen LogP contribution in [0.25, 0.3) is 0 Å². The van der Waals surface area contributed by atoms with Gasteiger partial charge in [0.05, 0.1) is 6.61 Å². The van der Waals surface area contributed by atoms with Gasteiger partial charge in [0.15, 0.2) is 11.8 Å². The summed E-state index contributed by atoms with van der Waals surface area (Å²) in [4.78, 5) is 24.5. The van der Waals surface area contributed by atoms with Crippen molar-refractivity contribution in [1.82, 2.24) is 9.55 Å². The van der Waals surface area contributed by atoms with E-state index in [1.807, 2.05) is 4.98 Å². The van der Waals surface area contributed by atoms with Crippen LogP contribution in [0.3, 0.4) is 0 Å². The van der Waals surface area contributed by atoms with E-state index in [1.54, 1.807) is 0 Å². The third-order valence-electron chi connectivity index (χ3n) is 3.03. The van der Waals surface area contributed by atoms with Crippen molar-refractivity contribution in [3.63, 3.8) is 0 Å². The van der Waals surface area contributed by atoms with Crippen LogP contribution in [0.15, 0.2) is 21.9 Å². The monoisotopic (exact) mass is 949 g/mol. The molecule has 2 unspecified atom stereocenters. The second-order valence-electron chi connectivity index (χ2n) is 4.15. The fourth-order valence-electron chi connectivity index (χ4n) is 1.93. The summed E-state index contributed by atoms with van der Waals surface area (Å²) < 4.78 is 6.11. The number of aromatic nitrogens is 2. The van der Waals surface area contributed by atoms with Crippen molar-refractivity contribution in [2.45, 2.75) is 24.0 Å². The molecular weight excluding hydrogens is 937 g/mol. The molecule has 22 heavy (non-hydrogen) atoms. The number of nitrogens with one attached hydrogen (secondary N) is 1. The molecule has 3 radical (unpaired) electrons. The first kappa shape index (κ1) is 26.6. The van der Waals surface area contributed by atoms with Crippen molar-refractivity contribution < 1.29 is 152 Å². The Hall–Kier alpha value is 2.40. The maximum atomic E-state index is 11.6. The van der Waals surface area contributed by atoms with Crippen LogP contribution in [0, 0.1) is 145 Å². The van der Waals surface area contributed by atoms with Crippen molar-refractivity contribution in [2.75, 3.05) is 6.61 Å². The molecule has 11 heteroatoms. The molecule has 1 aromatic heterocycles. The van der Waals surface area contributed by atoms with E-state index in [-0.39, 0.29) is 132 Å². The van der Waals surface area contributed by atoms with Crippen LogP contribution in [-0.4, -0.2) is 49.3 Å². The summed E-state index contributed by atoms with van der Waals surface area (Å²) in [5.74, 6) is 2.07. The Morgan fingerprint density at radius 1 is 1.36 bits per heavy atom. The molecule has 0 amide bonds. The Bertz CT molecular complexity index is 642. The second kappa shape index (κ2) is 11.2. The van der Waals surface area contributed by atoms with Crippen LogP contribution in [0.2, 0.25) is 0 Å². The van der Waals surface area contributed by atoms with E-state index in [9.17, 15) is 24.9 Å². The van der Waals surface area contributed by atoms with Gasteiger partial charge in [0.1, 0.15) is 12.2 Å². The predicted molar refractivity (Wildman–Crippen MR) is 62.1 cm³/mol. The maximum absolute atomic E-state index is 11.6. The first-order valence-electron chi connectivity index (χ1n) is 5.39.